The molecule has 0 aliphatic carbocycles. The minimum atomic E-state index is -0.0724. The molecule has 9 heteroatoms. The fraction of sp³-hybridized carbons (Fsp3) is 0.333. The van der Waals surface area contributed by atoms with E-state index in [0.717, 1.165) is 16.9 Å². The minimum absolute atomic E-state index is 0.0724. The van der Waals surface area contributed by atoms with Gasteiger partial charge in [0.05, 0.1) is 6.42 Å². The molecular weight excluding hydrogens is 476 g/mol. The molecule has 188 valence electrons. The van der Waals surface area contributed by atoms with Gasteiger partial charge in [-0.15, -0.1) is 0 Å². The summed E-state index contributed by atoms with van der Waals surface area (Å²) in [5, 5.41) is 6.70. The highest BCUT2D eigenvalue weighted by atomic mass is 35.5. The number of aryl methyl sites for hydroxylation is 1. The molecule has 0 spiro atoms. The number of aromatic nitrogens is 2. The van der Waals surface area contributed by atoms with E-state index in [2.05, 4.69) is 20.5 Å². The monoisotopic (exact) mass is 506 g/mol. The number of hydrogen-bond acceptors (Lipinski definition) is 6. The van der Waals surface area contributed by atoms with Crippen molar-refractivity contribution in [3.63, 3.8) is 0 Å². The Labute approximate surface area is 216 Å². The van der Waals surface area contributed by atoms with Crippen molar-refractivity contribution in [1.29, 1.82) is 0 Å². The second kappa shape index (κ2) is 11.9. The Bertz CT molecular complexity index is 1190. The number of anilines is 2. The third-order valence-corrected chi connectivity index (χ3v) is 6.30. The molecule has 1 fully saturated rings. The molecule has 0 bridgehead atoms. The lowest BCUT2D eigenvalue weighted by Crippen LogP contribution is -2.49. The number of amides is 2. The minimum Gasteiger partial charge on any atom is -0.368 e. The van der Waals surface area contributed by atoms with Gasteiger partial charge in [-0.05, 0) is 36.8 Å². The molecule has 1 aliphatic rings. The average molecular weight is 507 g/mol. The van der Waals surface area contributed by atoms with Gasteiger partial charge in [0.25, 0.3) is 0 Å². The molecule has 2 N–H and O–H groups in total. The third-order valence-electron chi connectivity index (χ3n) is 6.05. The topological polar surface area (TPSA) is 90.5 Å². The Balaban J connectivity index is 1.45. The predicted octanol–water partition coefficient (Wildman–Crippen LogP) is 3.54. The van der Waals surface area contributed by atoms with Crippen LogP contribution in [-0.4, -0.2) is 66.0 Å². The van der Waals surface area contributed by atoms with Crippen molar-refractivity contribution in [1.82, 2.24) is 20.2 Å². The van der Waals surface area contributed by atoms with E-state index in [9.17, 15) is 9.59 Å². The lowest BCUT2D eigenvalue weighted by atomic mass is 10.1. The Morgan fingerprint density at radius 1 is 0.944 bits per heavy atom. The standard InChI is InChI=1S/C27H31ClN6O2/c1-19-3-5-21(6-4-19)17-26(36)34-15-13-33(14-16-34)25-18-24(30-12-11-29-20(2)35)31-27(32-25)22-7-9-23(28)10-8-22/h3-10,18H,11-17H2,1-2H3,(H,29,35)(H,30,31,32). The van der Waals surface area contributed by atoms with E-state index >= 15 is 0 Å². The molecule has 2 aromatic carbocycles. The SMILES string of the molecule is CC(=O)NCCNc1cc(N2CCN(C(=O)Cc3ccc(C)cc3)CC2)nc(-c2ccc(Cl)cc2)n1. The number of hydrogen-bond donors (Lipinski definition) is 2. The zero-order chi connectivity index (χ0) is 25.5. The average Bonchev–Trinajstić information content (AvgIpc) is 2.88. The summed E-state index contributed by atoms with van der Waals surface area (Å²) in [7, 11) is 0. The first-order chi connectivity index (χ1) is 17.4. The molecule has 3 aromatic rings. The van der Waals surface area contributed by atoms with Crippen molar-refractivity contribution in [2.45, 2.75) is 20.3 Å². The van der Waals surface area contributed by atoms with Crippen LogP contribution in [-0.2, 0) is 16.0 Å². The van der Waals surface area contributed by atoms with Crippen LogP contribution in [0.25, 0.3) is 11.4 Å². The van der Waals surface area contributed by atoms with Crippen LogP contribution in [0.3, 0.4) is 0 Å². The summed E-state index contributed by atoms with van der Waals surface area (Å²) >= 11 is 6.06. The van der Waals surface area contributed by atoms with Crippen molar-refractivity contribution in [2.75, 3.05) is 49.5 Å². The van der Waals surface area contributed by atoms with Gasteiger partial charge in [-0.1, -0.05) is 41.4 Å². The van der Waals surface area contributed by atoms with Crippen molar-refractivity contribution in [3.8, 4) is 11.4 Å². The van der Waals surface area contributed by atoms with Crippen molar-refractivity contribution in [3.05, 3.63) is 70.7 Å². The summed E-state index contributed by atoms with van der Waals surface area (Å²) in [4.78, 5) is 37.6. The fourth-order valence-electron chi connectivity index (χ4n) is 4.02. The van der Waals surface area contributed by atoms with Crippen molar-refractivity contribution >= 4 is 35.1 Å². The van der Waals surface area contributed by atoms with Gasteiger partial charge < -0.3 is 20.4 Å². The van der Waals surface area contributed by atoms with Gasteiger partial charge in [0.15, 0.2) is 5.82 Å². The fourth-order valence-corrected chi connectivity index (χ4v) is 4.15. The van der Waals surface area contributed by atoms with Crippen LogP contribution >= 0.6 is 11.6 Å². The van der Waals surface area contributed by atoms with Gasteiger partial charge in [-0.2, -0.15) is 0 Å². The highest BCUT2D eigenvalue weighted by Crippen LogP contribution is 2.25. The zero-order valence-corrected chi connectivity index (χ0v) is 21.4. The van der Waals surface area contributed by atoms with Crippen molar-refractivity contribution < 1.29 is 9.59 Å². The van der Waals surface area contributed by atoms with E-state index in [-0.39, 0.29) is 11.8 Å². The highest BCUT2D eigenvalue weighted by Gasteiger charge is 2.23. The van der Waals surface area contributed by atoms with Gasteiger partial charge in [-0.3, -0.25) is 9.59 Å². The number of nitrogens with zero attached hydrogens (tertiary/aromatic N) is 4. The van der Waals surface area contributed by atoms with Crippen LogP contribution < -0.4 is 15.5 Å². The smallest absolute Gasteiger partial charge is 0.227 e. The summed E-state index contributed by atoms with van der Waals surface area (Å²) in [6, 6.07) is 17.4. The molecule has 36 heavy (non-hydrogen) atoms. The Hall–Kier alpha value is -3.65. The molecule has 0 atom stereocenters. The lowest BCUT2D eigenvalue weighted by Gasteiger charge is -2.35. The van der Waals surface area contributed by atoms with Crippen LogP contribution in [0.2, 0.25) is 5.02 Å². The first-order valence-electron chi connectivity index (χ1n) is 12.1. The van der Waals surface area contributed by atoms with Crippen LogP contribution in [0.15, 0.2) is 54.6 Å². The van der Waals surface area contributed by atoms with Gasteiger partial charge in [0, 0.05) is 62.8 Å². The number of nitrogens with one attached hydrogen (secondary N) is 2. The molecule has 1 aliphatic heterocycles. The Morgan fingerprint density at radius 3 is 2.31 bits per heavy atom. The number of halogens is 1. The van der Waals surface area contributed by atoms with E-state index in [1.54, 1.807) is 0 Å². The van der Waals surface area contributed by atoms with Crippen LogP contribution in [0, 0.1) is 6.92 Å². The molecule has 0 unspecified atom stereocenters. The molecule has 1 saturated heterocycles. The Kier molecular flexibility index (Phi) is 8.38. The quantitative estimate of drug-likeness (QED) is 0.454. The molecular formula is C27H31ClN6O2. The number of piperazine rings is 1. The molecule has 0 radical (unpaired) electrons. The van der Waals surface area contributed by atoms with E-state index in [0.29, 0.717) is 62.4 Å². The summed E-state index contributed by atoms with van der Waals surface area (Å²) in [5.74, 6) is 2.13. The maximum Gasteiger partial charge on any atom is 0.227 e. The molecule has 8 nitrogen and oxygen atoms in total. The second-order valence-corrected chi connectivity index (χ2v) is 9.32. The Morgan fingerprint density at radius 2 is 1.64 bits per heavy atom. The number of carbonyl (C=O) groups excluding carboxylic acids is 2. The van der Waals surface area contributed by atoms with Crippen molar-refractivity contribution in [2.24, 2.45) is 0 Å². The van der Waals surface area contributed by atoms with Crippen LogP contribution in [0.5, 0.6) is 0 Å². The molecule has 2 heterocycles. The maximum atomic E-state index is 12.8. The number of carbonyl (C=O) groups is 2. The summed E-state index contributed by atoms with van der Waals surface area (Å²) in [6.45, 7) is 7.20. The van der Waals surface area contributed by atoms with Crippen LogP contribution in [0.4, 0.5) is 11.6 Å². The highest BCUT2D eigenvalue weighted by molar-refractivity contribution is 6.30. The molecule has 2 amide bonds. The number of benzene rings is 2. The number of rotatable bonds is 8. The summed E-state index contributed by atoms with van der Waals surface area (Å²) < 4.78 is 0. The van der Waals surface area contributed by atoms with Gasteiger partial charge in [0.2, 0.25) is 11.8 Å². The normalized spacial score (nSPS) is 13.4. The molecule has 4 rings (SSSR count). The second-order valence-electron chi connectivity index (χ2n) is 8.88. The molecule has 1 aromatic heterocycles. The maximum absolute atomic E-state index is 12.8. The lowest BCUT2D eigenvalue weighted by molar-refractivity contribution is -0.130. The van der Waals surface area contributed by atoms with Crippen LogP contribution in [0.1, 0.15) is 18.1 Å². The van der Waals surface area contributed by atoms with Gasteiger partial charge in [-0.25, -0.2) is 9.97 Å². The zero-order valence-electron chi connectivity index (χ0n) is 20.6. The van der Waals surface area contributed by atoms with Gasteiger partial charge in [0.1, 0.15) is 11.6 Å². The first-order valence-corrected chi connectivity index (χ1v) is 12.5. The van der Waals surface area contributed by atoms with E-state index in [4.69, 9.17) is 16.6 Å². The summed E-state index contributed by atoms with van der Waals surface area (Å²) in [6.07, 6.45) is 0.414. The third kappa shape index (κ3) is 6.95. The van der Waals surface area contributed by atoms with E-state index in [1.807, 2.05) is 66.4 Å². The largest absolute Gasteiger partial charge is 0.368 e. The summed E-state index contributed by atoms with van der Waals surface area (Å²) in [5.41, 5.74) is 3.08. The van der Waals surface area contributed by atoms with Gasteiger partial charge >= 0.3 is 0 Å². The van der Waals surface area contributed by atoms with E-state index < -0.39 is 0 Å². The molecule has 0 saturated carbocycles. The first kappa shape index (κ1) is 25.4. The predicted molar refractivity (Wildman–Crippen MR) is 143 cm³/mol. The van der Waals surface area contributed by atoms with E-state index in [1.165, 1.54) is 12.5 Å².